The lowest BCUT2D eigenvalue weighted by Crippen LogP contribution is -2.39. The predicted molar refractivity (Wildman–Crippen MR) is 106 cm³/mol. The van der Waals surface area contributed by atoms with Gasteiger partial charge in [0.2, 0.25) is 5.89 Å². The van der Waals surface area contributed by atoms with E-state index in [1.54, 1.807) is 6.20 Å². The molecule has 29 heavy (non-hydrogen) atoms. The molecule has 0 aliphatic rings. The Morgan fingerprint density at radius 3 is 2.52 bits per heavy atom. The average Bonchev–Trinajstić information content (AvgIpc) is 3.12. The third-order valence-electron chi connectivity index (χ3n) is 3.83. The van der Waals surface area contributed by atoms with Crippen LogP contribution >= 0.6 is 0 Å². The highest BCUT2D eigenvalue weighted by atomic mass is 19.4. The lowest BCUT2D eigenvalue weighted by Gasteiger charge is -2.14. The molecule has 0 bridgehead atoms. The highest BCUT2D eigenvalue weighted by molar-refractivity contribution is 5.79. The maximum absolute atomic E-state index is 13.0. The fraction of sp³-hybridized carbons (Fsp3) is 0.526. The van der Waals surface area contributed by atoms with Crippen LogP contribution in [0.3, 0.4) is 0 Å². The van der Waals surface area contributed by atoms with Crippen molar-refractivity contribution in [1.82, 2.24) is 20.6 Å². The van der Waals surface area contributed by atoms with Crippen LogP contribution in [-0.2, 0) is 18.1 Å². The van der Waals surface area contributed by atoms with Crippen LogP contribution in [0.4, 0.5) is 19.0 Å². The van der Waals surface area contributed by atoms with Gasteiger partial charge in [-0.25, -0.2) is 15.0 Å². The molecular weight excluding hydrogens is 385 g/mol. The number of alkyl halides is 3. The number of nitrogens with one attached hydrogen (secondary N) is 3. The summed E-state index contributed by atoms with van der Waals surface area (Å²) >= 11 is 0. The van der Waals surface area contributed by atoms with Crippen molar-refractivity contribution in [3.05, 3.63) is 41.7 Å². The molecule has 10 heteroatoms. The van der Waals surface area contributed by atoms with E-state index in [4.69, 9.17) is 4.42 Å². The largest absolute Gasteiger partial charge is 0.443 e. The second-order valence-corrected chi connectivity index (χ2v) is 7.31. The van der Waals surface area contributed by atoms with Gasteiger partial charge in [-0.15, -0.1) is 0 Å². The Labute approximate surface area is 168 Å². The zero-order valence-corrected chi connectivity index (χ0v) is 17.0. The summed E-state index contributed by atoms with van der Waals surface area (Å²) in [6.45, 7) is 9.48. The third-order valence-corrected chi connectivity index (χ3v) is 3.83. The summed E-state index contributed by atoms with van der Waals surface area (Å²) in [7, 11) is 0. The molecule has 2 rings (SSSR count). The summed E-state index contributed by atoms with van der Waals surface area (Å²) in [6, 6.07) is 2.26. The quantitative estimate of drug-likeness (QED) is 0.366. The normalized spacial score (nSPS) is 12.7. The molecule has 0 aromatic carbocycles. The number of pyridine rings is 1. The summed E-state index contributed by atoms with van der Waals surface area (Å²) in [4.78, 5) is 12.4. The molecule has 0 aliphatic carbocycles. The van der Waals surface area contributed by atoms with Crippen LogP contribution in [0, 0.1) is 0 Å². The first-order valence-corrected chi connectivity index (χ1v) is 9.34. The van der Waals surface area contributed by atoms with Crippen LogP contribution in [0.2, 0.25) is 0 Å². The minimum absolute atomic E-state index is 0.135. The molecule has 0 aliphatic heterocycles. The second kappa shape index (κ2) is 9.62. The molecule has 7 nitrogen and oxygen atoms in total. The van der Waals surface area contributed by atoms with E-state index in [1.807, 2.05) is 27.7 Å². The topological polar surface area (TPSA) is 87.4 Å². The molecule has 0 spiro atoms. The van der Waals surface area contributed by atoms with E-state index in [-0.39, 0.29) is 24.3 Å². The monoisotopic (exact) mass is 412 g/mol. The molecule has 0 unspecified atom stereocenters. The van der Waals surface area contributed by atoms with Gasteiger partial charge in [-0.1, -0.05) is 20.8 Å². The molecule has 0 saturated carbocycles. The van der Waals surface area contributed by atoms with E-state index in [1.165, 1.54) is 12.3 Å². The van der Waals surface area contributed by atoms with Crippen LogP contribution in [0.5, 0.6) is 0 Å². The van der Waals surface area contributed by atoms with E-state index in [0.717, 1.165) is 11.8 Å². The molecule has 0 amide bonds. The summed E-state index contributed by atoms with van der Waals surface area (Å²) in [5.41, 5.74) is -0.927. The molecule has 2 heterocycles. The molecule has 2 aromatic heterocycles. The Balaban J connectivity index is 1.90. The van der Waals surface area contributed by atoms with E-state index < -0.39 is 11.7 Å². The van der Waals surface area contributed by atoms with Gasteiger partial charge in [-0.2, -0.15) is 13.2 Å². The highest BCUT2D eigenvalue weighted by Gasteiger charge is 2.33. The number of hydrogen-bond donors (Lipinski definition) is 3. The molecular formula is C19H27F3N6O. The Morgan fingerprint density at radius 2 is 1.90 bits per heavy atom. The van der Waals surface area contributed by atoms with E-state index in [9.17, 15) is 13.2 Å². The average molecular weight is 412 g/mol. The van der Waals surface area contributed by atoms with Gasteiger partial charge in [0.1, 0.15) is 18.1 Å². The minimum Gasteiger partial charge on any atom is -0.443 e. The van der Waals surface area contributed by atoms with E-state index in [0.29, 0.717) is 24.9 Å². The number of guanidine groups is 1. The number of aliphatic imine (C=N–C) groups is 1. The molecule has 2 aromatic rings. The van der Waals surface area contributed by atoms with Crippen LogP contribution in [0.1, 0.15) is 44.9 Å². The van der Waals surface area contributed by atoms with Crippen molar-refractivity contribution in [3.63, 3.8) is 0 Å². The fourth-order valence-electron chi connectivity index (χ4n) is 2.36. The van der Waals surface area contributed by atoms with Crippen LogP contribution < -0.4 is 16.0 Å². The van der Waals surface area contributed by atoms with Crippen LogP contribution in [0.15, 0.2) is 33.9 Å². The van der Waals surface area contributed by atoms with Crippen molar-refractivity contribution in [3.8, 4) is 0 Å². The van der Waals surface area contributed by atoms with Crippen molar-refractivity contribution in [2.24, 2.45) is 4.99 Å². The lowest BCUT2D eigenvalue weighted by atomic mass is 9.94. The maximum Gasteiger partial charge on any atom is 0.419 e. The van der Waals surface area contributed by atoms with Crippen molar-refractivity contribution in [1.29, 1.82) is 0 Å². The van der Waals surface area contributed by atoms with Gasteiger partial charge in [-0.05, 0) is 19.1 Å². The van der Waals surface area contributed by atoms with Gasteiger partial charge in [0, 0.05) is 31.2 Å². The van der Waals surface area contributed by atoms with Gasteiger partial charge in [0.25, 0.3) is 0 Å². The van der Waals surface area contributed by atoms with Crippen molar-refractivity contribution >= 4 is 11.8 Å². The molecule has 0 radical (unpaired) electrons. The Bertz CT molecular complexity index is 811. The summed E-state index contributed by atoms with van der Waals surface area (Å²) < 4.78 is 44.7. The zero-order valence-electron chi connectivity index (χ0n) is 17.0. The summed E-state index contributed by atoms with van der Waals surface area (Å²) in [5, 5.41) is 8.83. The van der Waals surface area contributed by atoms with Crippen molar-refractivity contribution in [2.75, 3.05) is 25.0 Å². The SMILES string of the molecule is CCNC(=NCc1ncc(C(C)(C)C)o1)NCCNc1ncccc1C(F)(F)F. The van der Waals surface area contributed by atoms with Gasteiger partial charge >= 0.3 is 6.18 Å². The number of halogens is 3. The molecule has 0 fully saturated rings. The molecule has 0 atom stereocenters. The zero-order chi connectivity index (χ0) is 21.5. The Kier molecular flexibility index (Phi) is 7.46. The number of rotatable bonds is 7. The number of aromatic nitrogens is 2. The standard InChI is InChI=1S/C19H27F3N6O/c1-5-23-17(28-12-15-27-11-14(29-15)18(2,3)4)26-10-9-25-16-13(19(20,21)22)7-6-8-24-16/h6-8,11H,5,9-10,12H2,1-4H3,(H,24,25)(H2,23,26,28). The summed E-state index contributed by atoms with van der Waals surface area (Å²) in [5.74, 6) is 1.59. The first-order valence-electron chi connectivity index (χ1n) is 9.34. The first-order chi connectivity index (χ1) is 13.6. The van der Waals surface area contributed by atoms with Gasteiger partial charge in [0.15, 0.2) is 5.96 Å². The number of nitrogens with zero attached hydrogens (tertiary/aromatic N) is 3. The second-order valence-electron chi connectivity index (χ2n) is 7.31. The Morgan fingerprint density at radius 1 is 1.14 bits per heavy atom. The van der Waals surface area contributed by atoms with E-state index >= 15 is 0 Å². The number of oxazole rings is 1. The van der Waals surface area contributed by atoms with Gasteiger partial charge < -0.3 is 20.4 Å². The first kappa shape index (κ1) is 22.5. The van der Waals surface area contributed by atoms with Gasteiger partial charge in [0.05, 0.1) is 11.8 Å². The highest BCUT2D eigenvalue weighted by Crippen LogP contribution is 2.33. The van der Waals surface area contributed by atoms with Crippen molar-refractivity contribution < 1.29 is 17.6 Å². The molecule has 0 saturated heterocycles. The smallest absolute Gasteiger partial charge is 0.419 e. The van der Waals surface area contributed by atoms with Crippen molar-refractivity contribution in [2.45, 2.75) is 45.8 Å². The minimum atomic E-state index is -4.46. The number of hydrogen-bond acceptors (Lipinski definition) is 5. The van der Waals surface area contributed by atoms with Crippen LogP contribution in [-0.4, -0.2) is 35.6 Å². The summed E-state index contributed by atoms with van der Waals surface area (Å²) in [6.07, 6.45) is -1.44. The van der Waals surface area contributed by atoms with Crippen LogP contribution in [0.25, 0.3) is 0 Å². The third kappa shape index (κ3) is 6.95. The molecule has 3 N–H and O–H groups in total. The predicted octanol–water partition coefficient (Wildman–Crippen LogP) is 3.55. The van der Waals surface area contributed by atoms with Gasteiger partial charge in [-0.3, -0.25) is 0 Å². The number of anilines is 1. The molecule has 160 valence electrons. The Hall–Kier alpha value is -2.78. The van der Waals surface area contributed by atoms with E-state index in [2.05, 4.69) is 30.9 Å². The maximum atomic E-state index is 13.0. The lowest BCUT2D eigenvalue weighted by molar-refractivity contribution is -0.137. The fourth-order valence-corrected chi connectivity index (χ4v) is 2.36.